The van der Waals surface area contributed by atoms with Crippen molar-refractivity contribution in [3.8, 4) is 22.9 Å². The number of likely N-dealkylation sites (N-methyl/N-ethyl adjacent to an activating group) is 1. The number of ether oxygens (including phenoxy) is 3. The Hall–Kier alpha value is -5.65. The number of hydrogen-bond acceptors (Lipinski definition) is 12. The van der Waals surface area contributed by atoms with Gasteiger partial charge in [-0.3, -0.25) is 9.59 Å². The van der Waals surface area contributed by atoms with E-state index >= 15 is 0 Å². The van der Waals surface area contributed by atoms with Gasteiger partial charge in [-0.15, -0.1) is 11.3 Å². The lowest BCUT2D eigenvalue weighted by Gasteiger charge is -2.35. The number of nitrogens with one attached hydrogen (secondary N) is 3. The fourth-order valence-electron chi connectivity index (χ4n) is 8.02. The van der Waals surface area contributed by atoms with Crippen LogP contribution in [0.4, 0.5) is 14.7 Å². The fourth-order valence-corrected chi connectivity index (χ4v) is 8.88. The maximum Gasteiger partial charge on any atom is 0.408 e. The van der Waals surface area contributed by atoms with Gasteiger partial charge in [-0.2, -0.15) is 0 Å². The van der Waals surface area contributed by atoms with Gasteiger partial charge >= 0.3 is 18.1 Å². The van der Waals surface area contributed by atoms with E-state index in [0.29, 0.717) is 46.6 Å². The molecule has 18 heteroatoms. The highest BCUT2D eigenvalue weighted by Gasteiger charge is 2.61. The molecule has 4 heterocycles. The van der Waals surface area contributed by atoms with Crippen LogP contribution in [0.2, 0.25) is 0 Å². The molecule has 1 aromatic carbocycles. The molecule has 1 aliphatic carbocycles. The third-order valence-corrected chi connectivity index (χ3v) is 12.5. The van der Waals surface area contributed by atoms with Gasteiger partial charge in [0, 0.05) is 67.8 Å². The van der Waals surface area contributed by atoms with E-state index in [-0.39, 0.29) is 44.4 Å². The Morgan fingerprint density at radius 3 is 2.52 bits per heavy atom. The summed E-state index contributed by atoms with van der Waals surface area (Å²) in [6.07, 6.45) is 4.85. The topological polar surface area (TPSA) is 205 Å². The lowest BCUT2D eigenvalue weighted by atomic mass is 9.88. The van der Waals surface area contributed by atoms with Crippen LogP contribution in [-0.4, -0.2) is 137 Å². The number of carbonyl (C=O) groups excluding carboxylic acids is 4. The molecule has 4 N–H and O–H groups in total. The van der Waals surface area contributed by atoms with E-state index in [0.717, 1.165) is 18.0 Å². The van der Waals surface area contributed by atoms with Crippen molar-refractivity contribution in [2.24, 2.45) is 11.3 Å². The van der Waals surface area contributed by atoms with Crippen LogP contribution in [-0.2, 0) is 19.1 Å². The van der Waals surface area contributed by atoms with Crippen molar-refractivity contribution in [1.29, 1.82) is 0 Å². The molecule has 2 fully saturated rings. The summed E-state index contributed by atoms with van der Waals surface area (Å²) < 4.78 is 18.2. The molecule has 1 saturated heterocycles. The molecule has 1 unspecified atom stereocenters. The summed E-state index contributed by atoms with van der Waals surface area (Å²) in [7, 11) is 6.47. The lowest BCUT2D eigenvalue weighted by Crippen LogP contribution is -2.56. The quantitative estimate of drug-likeness (QED) is 0.160. The number of carboxylic acids is 1. The average molecular weight is 891 g/mol. The zero-order valence-electron chi connectivity index (χ0n) is 37.7. The Morgan fingerprint density at radius 2 is 1.84 bits per heavy atom. The minimum Gasteiger partial charge on any atom is -0.497 e. The van der Waals surface area contributed by atoms with Crippen molar-refractivity contribution in [2.45, 2.75) is 115 Å². The van der Waals surface area contributed by atoms with Gasteiger partial charge in [0.1, 0.15) is 47.0 Å². The smallest absolute Gasteiger partial charge is 0.408 e. The molecule has 2 aromatic heterocycles. The largest absolute Gasteiger partial charge is 0.497 e. The van der Waals surface area contributed by atoms with E-state index in [9.17, 15) is 29.1 Å². The predicted molar refractivity (Wildman–Crippen MR) is 240 cm³/mol. The fraction of sp³-hybridized carbons (Fsp3) is 0.578. The Labute approximate surface area is 372 Å². The molecular weight excluding hydrogens is 829 g/mol. The van der Waals surface area contributed by atoms with Crippen LogP contribution in [0.15, 0.2) is 41.8 Å². The molecular formula is C45H62N8O9S. The molecule has 0 bridgehead atoms. The second-order valence-corrected chi connectivity index (χ2v) is 19.2. The number of hydrogen-bond donors (Lipinski definition) is 4. The number of amides is 5. The van der Waals surface area contributed by atoms with Gasteiger partial charge in [0.2, 0.25) is 11.8 Å². The van der Waals surface area contributed by atoms with Gasteiger partial charge in [0.25, 0.3) is 0 Å². The lowest BCUT2D eigenvalue weighted by molar-refractivity contribution is -0.145. The van der Waals surface area contributed by atoms with Crippen LogP contribution in [0.25, 0.3) is 22.3 Å². The van der Waals surface area contributed by atoms with Crippen molar-refractivity contribution in [1.82, 2.24) is 35.3 Å². The van der Waals surface area contributed by atoms with E-state index in [4.69, 9.17) is 24.2 Å². The number of methoxy groups -OCH3 is 1. The summed E-state index contributed by atoms with van der Waals surface area (Å²) in [6, 6.07) is 4.91. The number of urea groups is 1. The van der Waals surface area contributed by atoms with Gasteiger partial charge in [-0.25, -0.2) is 24.4 Å². The summed E-state index contributed by atoms with van der Waals surface area (Å²) in [6.45, 7) is 9.82. The number of pyridine rings is 1. The molecule has 63 heavy (non-hydrogen) atoms. The van der Waals surface area contributed by atoms with Crippen molar-refractivity contribution < 1.29 is 43.3 Å². The molecule has 342 valence electrons. The maximum atomic E-state index is 14.9. The van der Waals surface area contributed by atoms with Crippen molar-refractivity contribution in [3.63, 3.8) is 0 Å². The molecule has 17 nitrogen and oxygen atoms in total. The summed E-state index contributed by atoms with van der Waals surface area (Å²) in [4.78, 5) is 82.4. The first-order chi connectivity index (χ1) is 29.8. The first kappa shape index (κ1) is 46.8. The van der Waals surface area contributed by atoms with Gasteiger partial charge in [-0.1, -0.05) is 45.8 Å². The van der Waals surface area contributed by atoms with Crippen LogP contribution in [0, 0.1) is 11.3 Å². The monoisotopic (exact) mass is 890 g/mol. The van der Waals surface area contributed by atoms with Gasteiger partial charge in [0.05, 0.1) is 31.4 Å². The minimum atomic E-state index is -1.50. The van der Waals surface area contributed by atoms with Crippen LogP contribution in [0.5, 0.6) is 11.5 Å². The summed E-state index contributed by atoms with van der Waals surface area (Å²) >= 11 is 1.45. The van der Waals surface area contributed by atoms with E-state index in [2.05, 4.69) is 16.0 Å². The van der Waals surface area contributed by atoms with E-state index in [1.165, 1.54) is 26.0 Å². The highest BCUT2D eigenvalue weighted by Crippen LogP contribution is 2.45. The molecule has 6 atom stereocenters. The van der Waals surface area contributed by atoms with Crippen LogP contribution in [0.3, 0.4) is 0 Å². The number of nitrogens with zero attached hydrogens (tertiary/aromatic N) is 5. The van der Waals surface area contributed by atoms with E-state index in [1.54, 1.807) is 46.5 Å². The zero-order chi connectivity index (χ0) is 45.8. The normalized spacial score (nSPS) is 23.4. The highest BCUT2D eigenvalue weighted by atomic mass is 32.1. The first-order valence-electron chi connectivity index (χ1n) is 21.6. The summed E-state index contributed by atoms with van der Waals surface area (Å²) in [5.41, 5.74) is -0.317. The highest BCUT2D eigenvalue weighted by molar-refractivity contribution is 7.14. The maximum absolute atomic E-state index is 14.9. The predicted octanol–water partition coefficient (Wildman–Crippen LogP) is 6.14. The molecule has 6 rings (SSSR count). The second kappa shape index (κ2) is 19.4. The van der Waals surface area contributed by atoms with Crippen molar-refractivity contribution in [3.05, 3.63) is 41.8 Å². The molecule has 5 amide bonds. The number of rotatable bonds is 11. The Balaban J connectivity index is 1.32. The summed E-state index contributed by atoms with van der Waals surface area (Å²) in [5.74, 6) is -1.64. The van der Waals surface area contributed by atoms with Gasteiger partial charge in [0.15, 0.2) is 5.13 Å². The number of allylic oxidation sites excluding steroid dienone is 1. The Morgan fingerprint density at radius 1 is 1.08 bits per heavy atom. The number of carbonyl (C=O) groups is 5. The molecule has 2 aliphatic heterocycles. The third-order valence-electron chi connectivity index (χ3n) is 11.7. The second-order valence-electron chi connectivity index (χ2n) is 18.4. The molecule has 3 aromatic rings. The van der Waals surface area contributed by atoms with Crippen LogP contribution >= 0.6 is 11.3 Å². The number of benzene rings is 1. The average Bonchev–Trinajstić information content (AvgIpc) is 3.48. The number of thiazole rings is 1. The van der Waals surface area contributed by atoms with Crippen molar-refractivity contribution >= 4 is 57.3 Å². The number of aliphatic carboxylic acids is 1. The Kier molecular flexibility index (Phi) is 14.4. The molecule has 3 aliphatic rings. The molecule has 0 radical (unpaired) electrons. The number of anilines is 1. The number of aromatic nitrogens is 2. The van der Waals surface area contributed by atoms with E-state index < -0.39 is 65.0 Å². The standard InChI is InChI=1S/C45H62N8O9S/c1-26(2)46-41-48-34(25-63-41)33-21-36(30-18-17-28(60-9)19-32(30)47-33)61-29-20-35-38(54)50-45(40(56)57)22-27(45)15-13-11-10-12-14-16-31(39(55)53(35)23-29)49-42(58)62-37(44(3,4)5)24-52(8)43(59)51(6)7/h13,15,17-19,21,25-27,29,31,35,37H,10-12,14,16,20,22-24H2,1-9H3,(H,46,48)(H,49,58)(H,50,54)(H,56,57)/t27?,29-,31+,35+,37-,45-/m1/s1. The molecule has 0 spiro atoms. The van der Waals surface area contributed by atoms with Gasteiger partial charge < -0.3 is 50.0 Å². The van der Waals surface area contributed by atoms with Crippen LogP contribution in [0.1, 0.15) is 79.6 Å². The zero-order valence-corrected chi connectivity index (χ0v) is 38.5. The van der Waals surface area contributed by atoms with Crippen molar-refractivity contribution in [2.75, 3.05) is 46.7 Å². The first-order valence-corrected chi connectivity index (χ1v) is 22.5. The van der Waals surface area contributed by atoms with E-state index in [1.807, 2.05) is 58.2 Å². The molecule has 1 saturated carbocycles. The number of fused-ring (bicyclic) bond motifs is 3. The summed E-state index contributed by atoms with van der Waals surface area (Å²) in [5, 5.41) is 22.6. The minimum absolute atomic E-state index is 0.0376. The Bertz CT molecular complexity index is 2210. The van der Waals surface area contributed by atoms with Gasteiger partial charge in [-0.05, 0) is 51.7 Å². The SMILES string of the molecule is COc1ccc2c(O[C@@H]3C[C@H]4C(=O)N[C@]5(C(=O)O)CC5C=CCCCCC[C@H](NC(=O)O[C@H](CN(C)C(=O)N(C)C)C(C)(C)C)C(=O)N4C3)cc(-c3csc(NC(C)C)n3)nc2c1. The van der Waals surface area contributed by atoms with Crippen LogP contribution < -0.4 is 25.4 Å². The third kappa shape index (κ3) is 11.1. The number of carboxylic acid groups (broad SMARTS) is 1. The number of alkyl carbamates (subject to hydrolysis) is 1.